The van der Waals surface area contributed by atoms with Crippen molar-refractivity contribution in [3.05, 3.63) is 52.5 Å². The highest BCUT2D eigenvalue weighted by atomic mass is 79.9. The summed E-state index contributed by atoms with van der Waals surface area (Å²) in [6, 6.07) is 12.4. The normalized spacial score (nSPS) is 10.3. The molecule has 0 saturated carbocycles. The minimum Gasteiger partial charge on any atom is -0.493 e. The number of halogens is 1. The lowest BCUT2D eigenvalue weighted by atomic mass is 10.1. The fraction of sp³-hybridized carbons (Fsp3) is 0.333. The molecule has 2 N–H and O–H groups in total. The molecule has 0 aromatic heterocycles. The van der Waals surface area contributed by atoms with Crippen molar-refractivity contribution in [2.24, 2.45) is 0 Å². The van der Waals surface area contributed by atoms with Gasteiger partial charge in [-0.05, 0) is 49.7 Å². The zero-order chi connectivity index (χ0) is 19.6. The largest absolute Gasteiger partial charge is 0.493 e. The summed E-state index contributed by atoms with van der Waals surface area (Å²) in [7, 11) is 0. The van der Waals surface area contributed by atoms with E-state index in [2.05, 4.69) is 33.5 Å². The number of carbonyl (C=O) groups excluding carboxylic acids is 2. The van der Waals surface area contributed by atoms with Gasteiger partial charge in [0.25, 0.3) is 5.91 Å². The fourth-order valence-corrected chi connectivity index (χ4v) is 2.95. The number of ether oxygens (including phenoxy) is 1. The van der Waals surface area contributed by atoms with Crippen LogP contribution in [-0.2, 0) is 4.79 Å². The van der Waals surface area contributed by atoms with Gasteiger partial charge in [0.1, 0.15) is 5.75 Å². The van der Waals surface area contributed by atoms with E-state index in [1.807, 2.05) is 13.0 Å². The number of nitrogens with one attached hydrogen (secondary N) is 2. The van der Waals surface area contributed by atoms with Crippen molar-refractivity contribution in [3.8, 4) is 5.75 Å². The maximum absolute atomic E-state index is 12.7. The maximum Gasteiger partial charge on any atom is 0.259 e. The van der Waals surface area contributed by atoms with Gasteiger partial charge in [-0.1, -0.05) is 41.8 Å². The van der Waals surface area contributed by atoms with Gasteiger partial charge in [0.05, 0.1) is 12.2 Å². The zero-order valence-electron chi connectivity index (χ0n) is 15.7. The molecule has 2 aromatic carbocycles. The molecule has 0 spiro atoms. The molecule has 0 aliphatic heterocycles. The average Bonchev–Trinajstić information content (AvgIpc) is 2.64. The van der Waals surface area contributed by atoms with Crippen LogP contribution < -0.4 is 15.4 Å². The highest BCUT2D eigenvalue weighted by Crippen LogP contribution is 2.25. The molecule has 0 heterocycles. The van der Waals surface area contributed by atoms with Crippen molar-refractivity contribution in [2.75, 3.05) is 17.2 Å². The van der Waals surface area contributed by atoms with Crippen molar-refractivity contribution in [3.63, 3.8) is 0 Å². The topological polar surface area (TPSA) is 67.4 Å². The molecule has 6 heteroatoms. The lowest BCUT2D eigenvalue weighted by Gasteiger charge is -2.12. The molecule has 0 unspecified atom stereocenters. The zero-order valence-corrected chi connectivity index (χ0v) is 17.3. The number of carbonyl (C=O) groups is 2. The third kappa shape index (κ3) is 6.71. The Balaban J connectivity index is 2.06. The number of hydrogen-bond acceptors (Lipinski definition) is 3. The van der Waals surface area contributed by atoms with E-state index in [1.165, 1.54) is 0 Å². The lowest BCUT2D eigenvalue weighted by molar-refractivity contribution is -0.116. The van der Waals surface area contributed by atoms with Crippen LogP contribution in [0.1, 0.15) is 49.9 Å². The second-order valence-corrected chi connectivity index (χ2v) is 7.03. The molecule has 0 aliphatic carbocycles. The second kappa shape index (κ2) is 10.7. The fourth-order valence-electron chi connectivity index (χ4n) is 2.59. The maximum atomic E-state index is 12.7. The van der Waals surface area contributed by atoms with Crippen LogP contribution in [-0.4, -0.2) is 18.4 Å². The Kier molecular flexibility index (Phi) is 8.33. The van der Waals surface area contributed by atoms with E-state index < -0.39 is 0 Å². The van der Waals surface area contributed by atoms with Gasteiger partial charge in [-0.3, -0.25) is 9.59 Å². The standard InChI is InChI=1S/C21H25BrN2O3/c1-3-5-6-10-20(25)23-16-8-7-9-17(14-16)24-21(26)18-13-15(22)11-12-19(18)27-4-2/h7-9,11-14H,3-6,10H2,1-2H3,(H,23,25)(H,24,26). The number of amides is 2. The molecular formula is C21H25BrN2O3. The van der Waals surface area contributed by atoms with Gasteiger partial charge in [-0.15, -0.1) is 0 Å². The summed E-state index contributed by atoms with van der Waals surface area (Å²) < 4.78 is 6.33. The first-order valence-corrected chi connectivity index (χ1v) is 9.96. The average molecular weight is 433 g/mol. The monoisotopic (exact) mass is 432 g/mol. The van der Waals surface area contributed by atoms with E-state index in [4.69, 9.17) is 4.74 Å². The Bertz CT molecular complexity index is 793. The Morgan fingerprint density at radius 2 is 1.74 bits per heavy atom. The van der Waals surface area contributed by atoms with Crippen molar-refractivity contribution in [2.45, 2.75) is 39.5 Å². The SMILES string of the molecule is CCCCCC(=O)Nc1cccc(NC(=O)c2cc(Br)ccc2OCC)c1. The molecule has 5 nitrogen and oxygen atoms in total. The minimum absolute atomic E-state index is 0.0162. The second-order valence-electron chi connectivity index (χ2n) is 6.11. The van der Waals surface area contributed by atoms with Crippen LogP contribution in [0.2, 0.25) is 0 Å². The van der Waals surface area contributed by atoms with E-state index in [0.717, 1.165) is 23.7 Å². The summed E-state index contributed by atoms with van der Waals surface area (Å²) in [4.78, 5) is 24.6. The van der Waals surface area contributed by atoms with E-state index >= 15 is 0 Å². The van der Waals surface area contributed by atoms with Crippen molar-refractivity contribution < 1.29 is 14.3 Å². The molecule has 0 fully saturated rings. The Hall–Kier alpha value is -2.34. The summed E-state index contributed by atoms with van der Waals surface area (Å²) in [5.41, 5.74) is 1.71. The van der Waals surface area contributed by atoms with Crippen LogP contribution in [0.25, 0.3) is 0 Å². The molecule has 0 bridgehead atoms. The van der Waals surface area contributed by atoms with Gasteiger partial charge >= 0.3 is 0 Å². The van der Waals surface area contributed by atoms with Crippen LogP contribution in [0.5, 0.6) is 5.75 Å². The molecule has 0 atom stereocenters. The first kappa shape index (κ1) is 21.0. The van der Waals surface area contributed by atoms with Gasteiger partial charge in [-0.25, -0.2) is 0 Å². The first-order valence-electron chi connectivity index (χ1n) is 9.17. The summed E-state index contributed by atoms with van der Waals surface area (Å²) in [5, 5.41) is 5.73. The quantitative estimate of drug-likeness (QED) is 0.505. The molecule has 0 radical (unpaired) electrons. The summed E-state index contributed by atoms with van der Waals surface area (Å²) >= 11 is 3.38. The number of benzene rings is 2. The van der Waals surface area contributed by atoms with Gasteiger partial charge in [0.2, 0.25) is 5.91 Å². The smallest absolute Gasteiger partial charge is 0.259 e. The van der Waals surface area contributed by atoms with Crippen LogP contribution in [0.15, 0.2) is 46.9 Å². The molecular weight excluding hydrogens is 408 g/mol. The van der Waals surface area contributed by atoms with E-state index in [1.54, 1.807) is 36.4 Å². The highest BCUT2D eigenvalue weighted by Gasteiger charge is 2.14. The number of rotatable bonds is 9. The molecule has 2 rings (SSSR count). The molecule has 2 amide bonds. The molecule has 144 valence electrons. The summed E-state index contributed by atoms with van der Waals surface area (Å²) in [5.74, 6) is 0.238. The summed E-state index contributed by atoms with van der Waals surface area (Å²) in [6.45, 7) is 4.45. The predicted octanol–water partition coefficient (Wildman–Crippen LogP) is 5.62. The van der Waals surface area contributed by atoms with Gasteiger partial charge in [0, 0.05) is 22.3 Å². The van der Waals surface area contributed by atoms with Crippen molar-refractivity contribution >= 4 is 39.1 Å². The molecule has 27 heavy (non-hydrogen) atoms. The number of unbranched alkanes of at least 4 members (excludes halogenated alkanes) is 2. The highest BCUT2D eigenvalue weighted by molar-refractivity contribution is 9.10. The van der Waals surface area contributed by atoms with Gasteiger partial charge < -0.3 is 15.4 Å². The third-order valence-corrected chi connectivity index (χ3v) is 4.39. The van der Waals surface area contributed by atoms with Crippen LogP contribution in [0.4, 0.5) is 11.4 Å². The number of hydrogen-bond donors (Lipinski definition) is 2. The van der Waals surface area contributed by atoms with Crippen molar-refractivity contribution in [1.29, 1.82) is 0 Å². The third-order valence-electron chi connectivity index (χ3n) is 3.90. The van der Waals surface area contributed by atoms with E-state index in [9.17, 15) is 9.59 Å². The van der Waals surface area contributed by atoms with Crippen molar-refractivity contribution in [1.82, 2.24) is 0 Å². The Labute approximate surface area is 168 Å². The van der Waals surface area contributed by atoms with Crippen LogP contribution >= 0.6 is 15.9 Å². The Morgan fingerprint density at radius 3 is 2.44 bits per heavy atom. The molecule has 2 aromatic rings. The molecule has 0 aliphatic rings. The summed E-state index contributed by atoms with van der Waals surface area (Å²) in [6.07, 6.45) is 3.49. The van der Waals surface area contributed by atoms with Gasteiger partial charge in [0.15, 0.2) is 0 Å². The van der Waals surface area contributed by atoms with Crippen LogP contribution in [0.3, 0.4) is 0 Å². The predicted molar refractivity (Wildman–Crippen MR) is 112 cm³/mol. The minimum atomic E-state index is -0.272. The number of anilines is 2. The Morgan fingerprint density at radius 1 is 1.00 bits per heavy atom. The van der Waals surface area contributed by atoms with E-state index in [-0.39, 0.29) is 11.8 Å². The first-order chi connectivity index (χ1) is 13.0. The van der Waals surface area contributed by atoms with Crippen LogP contribution in [0, 0.1) is 0 Å². The van der Waals surface area contributed by atoms with E-state index in [0.29, 0.717) is 35.7 Å². The lowest BCUT2D eigenvalue weighted by Crippen LogP contribution is -2.15. The molecule has 0 saturated heterocycles. The van der Waals surface area contributed by atoms with Gasteiger partial charge in [-0.2, -0.15) is 0 Å².